The Morgan fingerprint density at radius 1 is 0.383 bits per heavy atom. The van der Waals surface area contributed by atoms with Crippen molar-refractivity contribution in [1.82, 2.24) is 28.7 Å². The first-order valence-corrected chi connectivity index (χ1v) is 20.9. The zero-order valence-electron chi connectivity index (χ0n) is 32.1. The number of nitrogens with zero attached hydrogens (tertiary/aromatic N) is 6. The van der Waals surface area contributed by atoms with Gasteiger partial charge in [0.05, 0.1) is 27.8 Å². The van der Waals surface area contributed by atoms with Gasteiger partial charge in [-0.3, -0.25) is 9.13 Å². The van der Waals surface area contributed by atoms with Gasteiger partial charge in [0.25, 0.3) is 0 Å². The van der Waals surface area contributed by atoms with Gasteiger partial charge >= 0.3 is 0 Å². The van der Waals surface area contributed by atoms with E-state index in [9.17, 15) is 0 Å². The van der Waals surface area contributed by atoms with Gasteiger partial charge in [0, 0.05) is 64.8 Å². The Labute approximate surface area is 348 Å². The Balaban J connectivity index is 1.06. The topological polar surface area (TPSA) is 53.5 Å². The molecule has 0 spiro atoms. The number of hydrogen-bond donors (Lipinski definition) is 0. The van der Waals surface area contributed by atoms with Crippen molar-refractivity contribution in [2.24, 2.45) is 0 Å². The standard InChI is InChI=1S/C53H32N6S/c1-4-16-33(17-5-1)50-54-51(34-30-31-44-41(32-34)37-22-10-12-26-42(37)57(44)35-18-6-2-7-19-35)56-52(55-50)40-25-14-28-45-49(40)60-46-29-15-24-39-47-38-23-11-13-27-43(38)58(36-20-8-3-9-21-36)53(47)59(45)48(39)46/h1-32H. The average molecular weight is 785 g/mol. The number of benzene rings is 8. The normalized spacial score (nSPS) is 12.3. The molecule has 0 unspecified atom stereocenters. The lowest BCUT2D eigenvalue weighted by molar-refractivity contribution is 1.02. The fourth-order valence-electron chi connectivity index (χ4n) is 9.32. The molecule has 0 fully saturated rings. The highest BCUT2D eigenvalue weighted by Crippen LogP contribution is 2.51. The summed E-state index contributed by atoms with van der Waals surface area (Å²) in [5.74, 6) is 1.90. The average Bonchev–Trinajstić information content (AvgIpc) is 3.96. The maximum Gasteiger partial charge on any atom is 0.165 e. The molecular formula is C53H32N6S. The molecule has 1 aliphatic heterocycles. The van der Waals surface area contributed by atoms with Gasteiger partial charge in [-0.05, 0) is 72.8 Å². The summed E-state index contributed by atoms with van der Waals surface area (Å²) >= 11 is 1.80. The van der Waals surface area contributed by atoms with Crippen LogP contribution >= 0.6 is 11.8 Å². The van der Waals surface area contributed by atoms with Crippen LogP contribution in [0.5, 0.6) is 0 Å². The number of fused-ring (bicyclic) bond motifs is 10. The molecule has 5 heterocycles. The van der Waals surface area contributed by atoms with E-state index >= 15 is 0 Å². The molecule has 13 rings (SSSR count). The van der Waals surface area contributed by atoms with Crippen LogP contribution in [0, 0.1) is 0 Å². The molecule has 0 N–H and O–H groups in total. The van der Waals surface area contributed by atoms with Crippen molar-refractivity contribution in [3.8, 4) is 51.2 Å². The van der Waals surface area contributed by atoms with Crippen LogP contribution in [0.2, 0.25) is 0 Å². The van der Waals surface area contributed by atoms with Gasteiger partial charge < -0.3 is 4.57 Å². The molecule has 12 aromatic rings. The summed E-state index contributed by atoms with van der Waals surface area (Å²) < 4.78 is 7.22. The molecule has 280 valence electrons. The van der Waals surface area contributed by atoms with Gasteiger partial charge in [-0.2, -0.15) is 0 Å². The first-order valence-electron chi connectivity index (χ1n) is 20.1. The number of para-hydroxylation sites is 5. The summed E-state index contributed by atoms with van der Waals surface area (Å²) in [7, 11) is 0. The maximum atomic E-state index is 5.36. The van der Waals surface area contributed by atoms with Crippen LogP contribution in [0.15, 0.2) is 204 Å². The van der Waals surface area contributed by atoms with Crippen LogP contribution in [0.25, 0.3) is 106 Å². The summed E-state index contributed by atoms with van der Waals surface area (Å²) in [5.41, 5.74) is 12.0. The van der Waals surface area contributed by atoms with Gasteiger partial charge in [-0.25, -0.2) is 15.0 Å². The molecule has 0 atom stereocenters. The van der Waals surface area contributed by atoms with Crippen molar-refractivity contribution >= 4 is 66.4 Å². The summed E-state index contributed by atoms with van der Waals surface area (Å²) in [5, 5.41) is 6.06. The molecule has 0 amide bonds. The second-order valence-corrected chi connectivity index (χ2v) is 16.3. The number of rotatable bonds is 5. The Morgan fingerprint density at radius 2 is 0.967 bits per heavy atom. The third-order valence-electron chi connectivity index (χ3n) is 11.9. The van der Waals surface area contributed by atoms with Crippen LogP contribution in [0.1, 0.15) is 0 Å². The number of aromatic nitrogens is 6. The molecule has 1 aliphatic rings. The Kier molecular flexibility index (Phi) is 7.14. The minimum absolute atomic E-state index is 0.631. The second-order valence-electron chi connectivity index (χ2n) is 15.2. The smallest absolute Gasteiger partial charge is 0.165 e. The molecular weight excluding hydrogens is 753 g/mol. The van der Waals surface area contributed by atoms with Crippen LogP contribution in [0.3, 0.4) is 0 Å². The first-order chi connectivity index (χ1) is 29.8. The van der Waals surface area contributed by atoms with Crippen molar-refractivity contribution in [2.45, 2.75) is 9.79 Å². The third kappa shape index (κ3) is 4.81. The lowest BCUT2D eigenvalue weighted by Crippen LogP contribution is -2.07. The molecule has 0 aliphatic carbocycles. The highest BCUT2D eigenvalue weighted by Gasteiger charge is 2.30. The minimum Gasteiger partial charge on any atom is -0.309 e. The van der Waals surface area contributed by atoms with E-state index < -0.39 is 0 Å². The quantitative estimate of drug-likeness (QED) is 0.174. The molecule has 0 radical (unpaired) electrons. The lowest BCUT2D eigenvalue weighted by Gasteiger charge is -2.23. The Bertz CT molecular complexity index is 3680. The fraction of sp³-hybridized carbons (Fsp3) is 0. The predicted molar refractivity (Wildman–Crippen MR) is 246 cm³/mol. The molecule has 8 aromatic carbocycles. The van der Waals surface area contributed by atoms with Crippen molar-refractivity contribution in [3.05, 3.63) is 194 Å². The van der Waals surface area contributed by atoms with E-state index in [1.54, 1.807) is 11.8 Å². The van der Waals surface area contributed by atoms with E-state index in [0.717, 1.165) is 60.7 Å². The molecule has 6 nitrogen and oxygen atoms in total. The van der Waals surface area contributed by atoms with Gasteiger partial charge in [0.15, 0.2) is 17.5 Å². The summed E-state index contributed by atoms with van der Waals surface area (Å²) in [6, 6.07) is 68.7. The van der Waals surface area contributed by atoms with E-state index in [0.29, 0.717) is 17.5 Å². The Morgan fingerprint density at radius 3 is 1.73 bits per heavy atom. The summed E-state index contributed by atoms with van der Waals surface area (Å²) in [6.45, 7) is 0. The largest absolute Gasteiger partial charge is 0.309 e. The van der Waals surface area contributed by atoms with E-state index in [4.69, 9.17) is 15.0 Å². The van der Waals surface area contributed by atoms with Crippen LogP contribution in [0.4, 0.5) is 0 Å². The fourth-order valence-corrected chi connectivity index (χ4v) is 10.5. The molecule has 7 heteroatoms. The SMILES string of the molecule is c1ccc(-c2nc(-c3ccc4c(c3)c3ccccc3n4-c3ccccc3)nc(-c3cccc4c3Sc3cccc5c6c7ccccc7n(-c7ccccc7)c6n-4c35)n2)cc1. The molecule has 4 aromatic heterocycles. The van der Waals surface area contributed by atoms with Crippen molar-refractivity contribution in [2.75, 3.05) is 0 Å². The predicted octanol–water partition coefficient (Wildman–Crippen LogP) is 13.5. The van der Waals surface area contributed by atoms with Crippen molar-refractivity contribution < 1.29 is 0 Å². The van der Waals surface area contributed by atoms with Crippen LogP contribution in [-0.4, -0.2) is 28.7 Å². The van der Waals surface area contributed by atoms with E-state index in [1.165, 1.54) is 37.5 Å². The molecule has 60 heavy (non-hydrogen) atoms. The van der Waals surface area contributed by atoms with E-state index in [-0.39, 0.29) is 0 Å². The summed E-state index contributed by atoms with van der Waals surface area (Å²) in [4.78, 5) is 18.1. The molecule has 0 saturated heterocycles. The van der Waals surface area contributed by atoms with Crippen molar-refractivity contribution in [3.63, 3.8) is 0 Å². The third-order valence-corrected chi connectivity index (χ3v) is 13.1. The molecule has 0 saturated carbocycles. The zero-order valence-corrected chi connectivity index (χ0v) is 32.9. The zero-order chi connectivity index (χ0) is 39.3. The number of hydrogen-bond acceptors (Lipinski definition) is 4. The first kappa shape index (κ1) is 33.3. The second kappa shape index (κ2) is 12.9. The molecule has 0 bridgehead atoms. The Hall–Kier alpha value is -7.74. The van der Waals surface area contributed by atoms with Gasteiger partial charge in [0.1, 0.15) is 5.65 Å². The van der Waals surface area contributed by atoms with Crippen LogP contribution in [-0.2, 0) is 0 Å². The van der Waals surface area contributed by atoms with Gasteiger partial charge in [-0.1, -0.05) is 133 Å². The highest BCUT2D eigenvalue weighted by atomic mass is 32.2. The van der Waals surface area contributed by atoms with Crippen molar-refractivity contribution in [1.29, 1.82) is 0 Å². The minimum atomic E-state index is 0.631. The highest BCUT2D eigenvalue weighted by molar-refractivity contribution is 8.00. The van der Waals surface area contributed by atoms with E-state index in [1.807, 2.05) is 18.2 Å². The van der Waals surface area contributed by atoms with Gasteiger partial charge in [-0.15, -0.1) is 0 Å². The lowest BCUT2D eigenvalue weighted by atomic mass is 10.1. The van der Waals surface area contributed by atoms with Crippen LogP contribution < -0.4 is 0 Å². The van der Waals surface area contributed by atoms with E-state index in [2.05, 4.69) is 190 Å². The maximum absolute atomic E-state index is 5.36. The monoisotopic (exact) mass is 784 g/mol. The summed E-state index contributed by atoms with van der Waals surface area (Å²) in [6.07, 6.45) is 0. The van der Waals surface area contributed by atoms with Gasteiger partial charge in [0.2, 0.25) is 0 Å².